The summed E-state index contributed by atoms with van der Waals surface area (Å²) in [4.78, 5) is 27.0. The Balaban J connectivity index is 1.32. The molecule has 0 spiro atoms. The van der Waals surface area contributed by atoms with E-state index < -0.39 is 0 Å². The first kappa shape index (κ1) is 18.6. The maximum absolute atomic E-state index is 12.9. The highest BCUT2D eigenvalue weighted by Gasteiger charge is 2.26. The second kappa shape index (κ2) is 8.52. The molecule has 2 N–H and O–H groups in total. The molecule has 2 amide bonds. The van der Waals surface area contributed by atoms with E-state index in [0.717, 1.165) is 44.5 Å². The smallest absolute Gasteiger partial charge is 0.253 e. The molecule has 2 saturated heterocycles. The van der Waals surface area contributed by atoms with Crippen molar-refractivity contribution >= 4 is 11.8 Å². The van der Waals surface area contributed by atoms with E-state index in [9.17, 15) is 9.59 Å². The predicted octanol–water partition coefficient (Wildman–Crippen LogP) is 0.988. The van der Waals surface area contributed by atoms with Crippen molar-refractivity contribution in [1.82, 2.24) is 30.3 Å². The second-order valence-electron chi connectivity index (χ2n) is 7.57. The molecule has 8 heteroatoms. The van der Waals surface area contributed by atoms with Crippen molar-refractivity contribution in [1.29, 1.82) is 0 Å². The number of rotatable bonds is 5. The van der Waals surface area contributed by atoms with Crippen LogP contribution in [-0.2, 0) is 4.79 Å². The fraction of sp³-hybridized carbons (Fsp3) is 0.500. The largest absolute Gasteiger partial charge is 0.354 e. The van der Waals surface area contributed by atoms with Crippen LogP contribution < -0.4 is 10.6 Å². The summed E-state index contributed by atoms with van der Waals surface area (Å²) in [7, 11) is 0. The molecule has 2 fully saturated rings. The van der Waals surface area contributed by atoms with Gasteiger partial charge in [-0.15, -0.1) is 10.2 Å². The molecule has 2 aromatic rings. The van der Waals surface area contributed by atoms with Crippen molar-refractivity contribution in [2.24, 2.45) is 5.92 Å². The first-order valence-corrected chi connectivity index (χ1v) is 9.96. The summed E-state index contributed by atoms with van der Waals surface area (Å²) in [5, 5.41) is 13.9. The fourth-order valence-electron chi connectivity index (χ4n) is 3.99. The second-order valence-corrected chi connectivity index (χ2v) is 7.57. The maximum atomic E-state index is 12.9. The highest BCUT2D eigenvalue weighted by molar-refractivity contribution is 5.94. The summed E-state index contributed by atoms with van der Waals surface area (Å²) >= 11 is 0. The highest BCUT2D eigenvalue weighted by atomic mass is 16.2. The molecule has 8 nitrogen and oxygen atoms in total. The van der Waals surface area contributed by atoms with Crippen molar-refractivity contribution in [2.75, 3.05) is 26.2 Å². The molecule has 0 aliphatic carbocycles. The van der Waals surface area contributed by atoms with Gasteiger partial charge in [0.05, 0.1) is 6.04 Å². The van der Waals surface area contributed by atoms with E-state index in [4.69, 9.17) is 0 Å². The van der Waals surface area contributed by atoms with E-state index in [1.165, 1.54) is 0 Å². The topological polar surface area (TPSA) is 92.2 Å². The lowest BCUT2D eigenvalue weighted by Crippen LogP contribution is -2.46. The molecule has 2 aliphatic heterocycles. The highest BCUT2D eigenvalue weighted by Crippen LogP contribution is 2.19. The molecule has 2 atom stereocenters. The van der Waals surface area contributed by atoms with Crippen molar-refractivity contribution in [3.05, 3.63) is 42.5 Å². The van der Waals surface area contributed by atoms with Gasteiger partial charge < -0.3 is 15.5 Å². The molecule has 2 aliphatic rings. The standard InChI is InChI=1S/C20H26N6O2/c27-19(18-4-1-9-21-18)22-11-15-3-2-10-25(12-15)20(28)16-5-7-17(8-6-16)26-13-23-24-14-26/h5-8,13-15,18,21H,1-4,9-12H2,(H,22,27). The summed E-state index contributed by atoms with van der Waals surface area (Å²) in [5.74, 6) is 0.439. The van der Waals surface area contributed by atoms with Crippen LogP contribution in [-0.4, -0.2) is 63.7 Å². The lowest BCUT2D eigenvalue weighted by Gasteiger charge is -2.33. The SMILES string of the molecule is O=C(NCC1CCCN(C(=O)c2ccc(-n3cnnc3)cc2)C1)C1CCCN1. The number of piperidine rings is 1. The molecule has 1 aromatic carbocycles. The predicted molar refractivity (Wildman–Crippen MR) is 104 cm³/mol. The lowest BCUT2D eigenvalue weighted by molar-refractivity contribution is -0.123. The summed E-state index contributed by atoms with van der Waals surface area (Å²) < 4.78 is 1.80. The monoisotopic (exact) mass is 382 g/mol. The molecule has 148 valence electrons. The van der Waals surface area contributed by atoms with Crippen LogP contribution in [0.25, 0.3) is 5.69 Å². The van der Waals surface area contributed by atoms with Crippen molar-refractivity contribution < 1.29 is 9.59 Å². The quantitative estimate of drug-likeness (QED) is 0.805. The maximum Gasteiger partial charge on any atom is 0.253 e. The van der Waals surface area contributed by atoms with Gasteiger partial charge in [0.2, 0.25) is 5.91 Å². The van der Waals surface area contributed by atoms with Gasteiger partial charge in [-0.05, 0) is 62.4 Å². The normalized spacial score (nSPS) is 22.2. The van der Waals surface area contributed by atoms with Gasteiger partial charge in [-0.3, -0.25) is 14.2 Å². The minimum absolute atomic E-state index is 0.0452. The number of carbonyl (C=O) groups excluding carboxylic acids is 2. The molecule has 0 saturated carbocycles. The van der Waals surface area contributed by atoms with Gasteiger partial charge in [0, 0.05) is 30.9 Å². The van der Waals surface area contributed by atoms with Crippen LogP contribution in [0.5, 0.6) is 0 Å². The van der Waals surface area contributed by atoms with Gasteiger partial charge in [-0.1, -0.05) is 0 Å². The Kier molecular flexibility index (Phi) is 5.66. The summed E-state index contributed by atoms with van der Waals surface area (Å²) in [6.45, 7) is 3.00. The van der Waals surface area contributed by atoms with Crippen molar-refractivity contribution in [2.45, 2.75) is 31.7 Å². The molecule has 4 rings (SSSR count). The number of benzene rings is 1. The van der Waals surface area contributed by atoms with Crippen molar-refractivity contribution in [3.8, 4) is 5.69 Å². The number of carbonyl (C=O) groups is 2. The lowest BCUT2D eigenvalue weighted by atomic mass is 9.97. The van der Waals surface area contributed by atoms with E-state index in [1.54, 1.807) is 17.2 Å². The summed E-state index contributed by atoms with van der Waals surface area (Å²) in [5.41, 5.74) is 1.60. The summed E-state index contributed by atoms with van der Waals surface area (Å²) in [6, 6.07) is 7.43. The van der Waals surface area contributed by atoms with Crippen LogP contribution in [0, 0.1) is 5.92 Å². The first-order chi connectivity index (χ1) is 13.7. The molecule has 0 radical (unpaired) electrons. The first-order valence-electron chi connectivity index (χ1n) is 9.96. The fourth-order valence-corrected chi connectivity index (χ4v) is 3.99. The Labute approximate surface area is 164 Å². The van der Waals surface area contributed by atoms with E-state index in [2.05, 4.69) is 20.8 Å². The molecular formula is C20H26N6O2. The molecule has 3 heterocycles. The Morgan fingerprint density at radius 2 is 1.89 bits per heavy atom. The van der Waals surface area contributed by atoms with Gasteiger partial charge in [0.15, 0.2) is 0 Å². The van der Waals surface area contributed by atoms with E-state index in [1.807, 2.05) is 29.2 Å². The van der Waals surface area contributed by atoms with Gasteiger partial charge in [-0.25, -0.2) is 0 Å². The third-order valence-corrected chi connectivity index (χ3v) is 5.58. The number of likely N-dealkylation sites (tertiary alicyclic amines) is 1. The van der Waals surface area contributed by atoms with Crippen LogP contribution in [0.3, 0.4) is 0 Å². The van der Waals surface area contributed by atoms with Crippen LogP contribution in [0.1, 0.15) is 36.0 Å². The zero-order valence-corrected chi connectivity index (χ0v) is 15.9. The summed E-state index contributed by atoms with van der Waals surface area (Å²) in [6.07, 6.45) is 7.22. The van der Waals surface area contributed by atoms with Gasteiger partial charge in [0.25, 0.3) is 5.91 Å². The third-order valence-electron chi connectivity index (χ3n) is 5.58. The number of amides is 2. The third kappa shape index (κ3) is 4.22. The zero-order valence-electron chi connectivity index (χ0n) is 15.9. The van der Waals surface area contributed by atoms with Gasteiger partial charge >= 0.3 is 0 Å². The molecular weight excluding hydrogens is 356 g/mol. The average molecular weight is 382 g/mol. The Morgan fingerprint density at radius 1 is 1.11 bits per heavy atom. The number of hydrogen-bond acceptors (Lipinski definition) is 5. The number of nitrogens with one attached hydrogen (secondary N) is 2. The number of hydrogen-bond donors (Lipinski definition) is 2. The Bertz CT molecular complexity index is 799. The van der Waals surface area contributed by atoms with E-state index in [-0.39, 0.29) is 17.9 Å². The Morgan fingerprint density at radius 3 is 2.61 bits per heavy atom. The van der Waals surface area contributed by atoms with Crippen molar-refractivity contribution in [3.63, 3.8) is 0 Å². The molecule has 0 bridgehead atoms. The molecule has 2 unspecified atom stereocenters. The minimum Gasteiger partial charge on any atom is -0.354 e. The Hall–Kier alpha value is -2.74. The number of nitrogens with zero attached hydrogens (tertiary/aromatic N) is 4. The van der Waals surface area contributed by atoms with Crippen LogP contribution in [0.2, 0.25) is 0 Å². The molecule has 28 heavy (non-hydrogen) atoms. The van der Waals surface area contributed by atoms with Gasteiger partial charge in [-0.2, -0.15) is 0 Å². The molecule has 1 aromatic heterocycles. The number of aromatic nitrogens is 3. The van der Waals surface area contributed by atoms with Crippen LogP contribution in [0.15, 0.2) is 36.9 Å². The average Bonchev–Trinajstić information content (AvgIpc) is 3.46. The van der Waals surface area contributed by atoms with Crippen LogP contribution in [0.4, 0.5) is 0 Å². The van der Waals surface area contributed by atoms with E-state index >= 15 is 0 Å². The van der Waals surface area contributed by atoms with E-state index in [0.29, 0.717) is 24.6 Å². The van der Waals surface area contributed by atoms with Crippen LogP contribution >= 0.6 is 0 Å². The van der Waals surface area contributed by atoms with Gasteiger partial charge in [0.1, 0.15) is 12.7 Å². The zero-order chi connectivity index (χ0) is 19.3. The minimum atomic E-state index is -0.0504.